The Labute approximate surface area is 229 Å². The van der Waals surface area contributed by atoms with Crippen molar-refractivity contribution in [3.05, 3.63) is 64.6 Å². The zero-order chi connectivity index (χ0) is 28.6. The number of alkyl carbamates (subject to hydrolysis) is 1. The second-order valence-electron chi connectivity index (χ2n) is 9.37. The summed E-state index contributed by atoms with van der Waals surface area (Å²) in [5.41, 5.74) is 0.771. The van der Waals surface area contributed by atoms with Crippen LogP contribution in [-0.2, 0) is 30.3 Å². The molecule has 12 heteroatoms. The summed E-state index contributed by atoms with van der Waals surface area (Å²) in [6.07, 6.45) is 1.03. The minimum atomic E-state index is -0.966. The molecule has 2 aromatic rings. The first-order valence-electron chi connectivity index (χ1n) is 11.9. The maximum atomic E-state index is 12.3. The minimum Gasteiger partial charge on any atom is -0.467 e. The van der Waals surface area contributed by atoms with Crippen molar-refractivity contribution in [3.8, 4) is 11.5 Å². The molecule has 0 bridgehead atoms. The predicted octanol–water partition coefficient (Wildman–Crippen LogP) is 3.53. The molecule has 2 aromatic carbocycles. The molecule has 3 N–H and O–H groups in total. The highest BCUT2D eigenvalue weighted by molar-refractivity contribution is 8.18. The first-order chi connectivity index (χ1) is 18.4. The van der Waals surface area contributed by atoms with Crippen LogP contribution >= 0.6 is 11.8 Å². The molecule has 4 amide bonds. The van der Waals surface area contributed by atoms with Gasteiger partial charge in [0.1, 0.15) is 29.7 Å². The van der Waals surface area contributed by atoms with Crippen molar-refractivity contribution in [2.45, 2.75) is 38.8 Å². The minimum absolute atomic E-state index is 0.155. The Morgan fingerprint density at radius 2 is 1.62 bits per heavy atom. The summed E-state index contributed by atoms with van der Waals surface area (Å²) in [5.74, 6) is -0.525. The van der Waals surface area contributed by atoms with Crippen LogP contribution in [0.3, 0.4) is 0 Å². The molecule has 3 rings (SSSR count). The number of methoxy groups -OCH3 is 1. The second kappa shape index (κ2) is 13.0. The number of carbonyl (C=O) groups excluding carboxylic acids is 5. The highest BCUT2D eigenvalue weighted by atomic mass is 32.2. The lowest BCUT2D eigenvalue weighted by Gasteiger charge is -2.20. The summed E-state index contributed by atoms with van der Waals surface area (Å²) in [6.45, 7) is 4.74. The van der Waals surface area contributed by atoms with Gasteiger partial charge in [0.15, 0.2) is 0 Å². The molecular formula is C27H29N3O8S. The molecule has 1 heterocycles. The van der Waals surface area contributed by atoms with E-state index in [0.717, 1.165) is 22.9 Å². The van der Waals surface area contributed by atoms with Crippen molar-refractivity contribution >= 4 is 47.0 Å². The van der Waals surface area contributed by atoms with E-state index in [1.165, 1.54) is 7.11 Å². The highest BCUT2D eigenvalue weighted by Crippen LogP contribution is 2.27. The van der Waals surface area contributed by atoms with Crippen molar-refractivity contribution in [1.29, 1.82) is 0 Å². The number of ether oxygens (including phenoxy) is 3. The van der Waals surface area contributed by atoms with Crippen LogP contribution < -0.4 is 20.7 Å². The molecule has 11 nitrogen and oxygen atoms in total. The van der Waals surface area contributed by atoms with Gasteiger partial charge in [0.05, 0.1) is 12.0 Å². The first-order valence-corrected chi connectivity index (χ1v) is 12.7. The lowest BCUT2D eigenvalue weighted by Crippen LogP contribution is -2.47. The van der Waals surface area contributed by atoms with Crippen molar-refractivity contribution in [3.63, 3.8) is 0 Å². The Hall–Kier alpha value is -4.32. The van der Waals surface area contributed by atoms with E-state index >= 15 is 0 Å². The maximum Gasteiger partial charge on any atom is 0.408 e. The molecule has 1 atom stereocenters. The molecule has 0 radical (unpaired) electrons. The van der Waals surface area contributed by atoms with Crippen molar-refractivity contribution < 1.29 is 38.2 Å². The molecule has 0 aliphatic carbocycles. The van der Waals surface area contributed by atoms with Crippen LogP contribution in [0.25, 0.3) is 6.08 Å². The summed E-state index contributed by atoms with van der Waals surface area (Å²) in [5, 5.41) is 6.71. The molecule has 1 unspecified atom stereocenters. The van der Waals surface area contributed by atoms with Crippen molar-refractivity contribution in [1.82, 2.24) is 16.0 Å². The Morgan fingerprint density at radius 1 is 1.00 bits per heavy atom. The number of hydrogen-bond acceptors (Lipinski definition) is 9. The Kier molecular flexibility index (Phi) is 9.72. The van der Waals surface area contributed by atoms with Gasteiger partial charge in [-0.1, -0.05) is 24.3 Å². The monoisotopic (exact) mass is 555 g/mol. The number of amides is 4. The molecule has 0 spiro atoms. The SMILES string of the molecule is COC(=O)C(Cc1ccc(Oc2ccc(/C=C3\SC(=O)NC3=O)cc2)cc1)NC(=O)CNC(=O)OC(C)(C)C. The number of imide groups is 1. The van der Waals surface area contributed by atoms with Gasteiger partial charge in [-0.25, -0.2) is 9.59 Å². The average molecular weight is 556 g/mol. The van der Waals surface area contributed by atoms with Crippen molar-refractivity contribution in [2.24, 2.45) is 0 Å². The lowest BCUT2D eigenvalue weighted by molar-refractivity contribution is -0.144. The van der Waals surface area contributed by atoms with E-state index < -0.39 is 40.8 Å². The summed E-state index contributed by atoms with van der Waals surface area (Å²) >= 11 is 0.848. The Balaban J connectivity index is 1.55. The number of carbonyl (C=O) groups is 5. The first kappa shape index (κ1) is 29.2. The molecule has 39 heavy (non-hydrogen) atoms. The number of rotatable bonds is 9. The predicted molar refractivity (Wildman–Crippen MR) is 144 cm³/mol. The number of esters is 1. The molecule has 0 aromatic heterocycles. The molecular weight excluding hydrogens is 526 g/mol. The molecule has 0 saturated carbocycles. The van der Waals surface area contributed by atoms with Gasteiger partial charge in [-0.05, 0) is 74.0 Å². The van der Waals surface area contributed by atoms with E-state index in [4.69, 9.17) is 14.2 Å². The Morgan fingerprint density at radius 3 is 2.15 bits per heavy atom. The molecule has 1 aliphatic heterocycles. The maximum absolute atomic E-state index is 12.3. The van der Waals surface area contributed by atoms with E-state index in [1.54, 1.807) is 75.4 Å². The summed E-state index contributed by atoms with van der Waals surface area (Å²) < 4.78 is 15.7. The molecule has 206 valence electrons. The van der Waals surface area contributed by atoms with Gasteiger partial charge in [0.2, 0.25) is 5.91 Å². The highest BCUT2D eigenvalue weighted by Gasteiger charge is 2.25. The second-order valence-corrected chi connectivity index (χ2v) is 10.4. The van der Waals surface area contributed by atoms with Gasteiger partial charge in [-0.2, -0.15) is 0 Å². The number of benzene rings is 2. The van der Waals surface area contributed by atoms with E-state index in [9.17, 15) is 24.0 Å². The zero-order valence-corrected chi connectivity index (χ0v) is 22.7. The molecule has 1 saturated heterocycles. The third-order valence-electron chi connectivity index (χ3n) is 5.03. The smallest absolute Gasteiger partial charge is 0.408 e. The summed E-state index contributed by atoms with van der Waals surface area (Å²) in [4.78, 5) is 59.6. The standard InChI is InChI=1S/C27H29N3O8S/c1-27(2,3)38-25(34)28-15-22(31)29-20(24(33)36-4)13-16-5-9-18(10-6-16)37-19-11-7-17(8-12-19)14-21-23(32)30-26(35)39-21/h5-12,14,20H,13,15H2,1-4H3,(H,28,34)(H,29,31)(H,30,32,35)/b21-14-. The fourth-order valence-electron chi connectivity index (χ4n) is 3.32. The van der Waals surface area contributed by atoms with Gasteiger partial charge in [-0.15, -0.1) is 0 Å². The fourth-order valence-corrected chi connectivity index (χ4v) is 4.00. The number of thioether (sulfide) groups is 1. The zero-order valence-electron chi connectivity index (χ0n) is 21.9. The summed E-state index contributed by atoms with van der Waals surface area (Å²) in [6, 6.07) is 13.0. The van der Waals surface area contributed by atoms with Crippen LogP contribution in [0.4, 0.5) is 9.59 Å². The van der Waals surface area contributed by atoms with Gasteiger partial charge in [0.25, 0.3) is 11.1 Å². The largest absolute Gasteiger partial charge is 0.467 e. The van der Waals surface area contributed by atoms with Gasteiger partial charge in [0, 0.05) is 6.42 Å². The van der Waals surface area contributed by atoms with Gasteiger partial charge < -0.3 is 24.8 Å². The van der Waals surface area contributed by atoms with Gasteiger partial charge in [-0.3, -0.25) is 19.7 Å². The van der Waals surface area contributed by atoms with Crippen LogP contribution in [0.15, 0.2) is 53.4 Å². The van der Waals surface area contributed by atoms with E-state index in [-0.39, 0.29) is 13.0 Å². The third-order valence-corrected chi connectivity index (χ3v) is 5.84. The van der Waals surface area contributed by atoms with E-state index in [1.807, 2.05) is 0 Å². The van der Waals surface area contributed by atoms with Crippen LogP contribution in [-0.4, -0.2) is 54.4 Å². The fraction of sp³-hybridized carbons (Fsp3) is 0.296. The molecule has 1 aliphatic rings. The van der Waals surface area contributed by atoms with Crippen LogP contribution in [0.5, 0.6) is 11.5 Å². The third kappa shape index (κ3) is 9.49. The average Bonchev–Trinajstić information content (AvgIpc) is 3.19. The lowest BCUT2D eigenvalue weighted by atomic mass is 10.1. The van der Waals surface area contributed by atoms with Gasteiger partial charge >= 0.3 is 12.1 Å². The van der Waals surface area contributed by atoms with Crippen LogP contribution in [0, 0.1) is 0 Å². The van der Waals surface area contributed by atoms with Crippen LogP contribution in [0.2, 0.25) is 0 Å². The Bertz CT molecular complexity index is 1270. The molecule has 1 fully saturated rings. The van der Waals surface area contributed by atoms with E-state index in [0.29, 0.717) is 16.4 Å². The topological polar surface area (TPSA) is 149 Å². The summed E-state index contributed by atoms with van der Waals surface area (Å²) in [7, 11) is 1.22. The van der Waals surface area contributed by atoms with E-state index in [2.05, 4.69) is 16.0 Å². The quantitative estimate of drug-likeness (QED) is 0.312. The van der Waals surface area contributed by atoms with Crippen LogP contribution in [0.1, 0.15) is 31.9 Å². The van der Waals surface area contributed by atoms with Crippen molar-refractivity contribution in [2.75, 3.05) is 13.7 Å². The normalized spacial score (nSPS) is 14.8. The number of hydrogen-bond donors (Lipinski definition) is 3. The number of nitrogens with one attached hydrogen (secondary N) is 3.